The fourth-order valence-corrected chi connectivity index (χ4v) is 3.26. The van der Waals surface area contributed by atoms with Crippen molar-refractivity contribution in [3.8, 4) is 0 Å². The summed E-state index contributed by atoms with van der Waals surface area (Å²) >= 11 is 0. The van der Waals surface area contributed by atoms with Crippen molar-refractivity contribution in [3.63, 3.8) is 0 Å². The Morgan fingerprint density at radius 1 is 1.00 bits per heavy atom. The van der Waals surface area contributed by atoms with E-state index in [1.807, 2.05) is 40.1 Å². The van der Waals surface area contributed by atoms with E-state index in [-0.39, 0.29) is 17.9 Å². The van der Waals surface area contributed by atoms with Gasteiger partial charge < -0.3 is 19.9 Å². The largest absolute Gasteiger partial charge is 0.378 e. The molecule has 1 aromatic rings. The van der Waals surface area contributed by atoms with E-state index in [9.17, 15) is 9.59 Å². The van der Waals surface area contributed by atoms with Gasteiger partial charge in [-0.15, -0.1) is 0 Å². The van der Waals surface area contributed by atoms with Crippen LogP contribution in [0.2, 0.25) is 0 Å². The second-order valence-electron chi connectivity index (χ2n) is 6.34. The van der Waals surface area contributed by atoms with Crippen molar-refractivity contribution in [2.45, 2.75) is 19.4 Å². The molecule has 0 saturated carbocycles. The van der Waals surface area contributed by atoms with Crippen LogP contribution in [0.4, 0.5) is 4.79 Å². The molecule has 2 aliphatic rings. The lowest BCUT2D eigenvalue weighted by molar-refractivity contribution is -0.141. The molecule has 3 amide bonds. The van der Waals surface area contributed by atoms with Crippen LogP contribution in [0.5, 0.6) is 0 Å². The van der Waals surface area contributed by atoms with E-state index in [4.69, 9.17) is 4.74 Å². The van der Waals surface area contributed by atoms with E-state index >= 15 is 0 Å². The highest BCUT2D eigenvalue weighted by Gasteiger charge is 2.30. The highest BCUT2D eigenvalue weighted by molar-refractivity contribution is 5.80. The number of likely N-dealkylation sites (tertiary alicyclic amines) is 1. The number of amides is 3. The van der Waals surface area contributed by atoms with Crippen LogP contribution in [0, 0.1) is 5.92 Å². The first-order valence-corrected chi connectivity index (χ1v) is 8.67. The second kappa shape index (κ2) is 8.15. The van der Waals surface area contributed by atoms with E-state index in [1.54, 1.807) is 0 Å². The number of rotatable bonds is 3. The summed E-state index contributed by atoms with van der Waals surface area (Å²) in [7, 11) is 0. The molecule has 0 bridgehead atoms. The molecule has 3 rings (SSSR count). The number of urea groups is 1. The van der Waals surface area contributed by atoms with E-state index in [0.29, 0.717) is 45.9 Å². The van der Waals surface area contributed by atoms with E-state index in [2.05, 4.69) is 5.32 Å². The Bertz CT molecular complexity index is 550. The van der Waals surface area contributed by atoms with Crippen molar-refractivity contribution in [2.24, 2.45) is 5.92 Å². The van der Waals surface area contributed by atoms with Gasteiger partial charge in [0.15, 0.2) is 0 Å². The SMILES string of the molecule is O=C(NCc1ccccc1)N1CCC(C(=O)N2CCOCC2)CC1. The zero-order valence-corrected chi connectivity index (χ0v) is 13.9. The minimum absolute atomic E-state index is 0.0428. The zero-order valence-electron chi connectivity index (χ0n) is 13.9. The first kappa shape index (κ1) is 16.8. The van der Waals surface area contributed by atoms with Crippen LogP contribution in [0.1, 0.15) is 18.4 Å². The summed E-state index contributed by atoms with van der Waals surface area (Å²) in [6.45, 7) is 4.46. The fourth-order valence-electron chi connectivity index (χ4n) is 3.26. The van der Waals surface area contributed by atoms with Gasteiger partial charge in [0.1, 0.15) is 0 Å². The molecule has 0 unspecified atom stereocenters. The Morgan fingerprint density at radius 3 is 2.33 bits per heavy atom. The number of morpholine rings is 1. The molecule has 0 aliphatic carbocycles. The summed E-state index contributed by atoms with van der Waals surface area (Å²) < 4.78 is 5.29. The van der Waals surface area contributed by atoms with Crippen LogP contribution in [0.15, 0.2) is 30.3 Å². The van der Waals surface area contributed by atoms with Crippen molar-refractivity contribution in [3.05, 3.63) is 35.9 Å². The predicted molar refractivity (Wildman–Crippen MR) is 90.4 cm³/mol. The van der Waals surface area contributed by atoms with E-state index < -0.39 is 0 Å². The Balaban J connectivity index is 1.42. The molecular formula is C18H25N3O3. The maximum atomic E-state index is 12.5. The van der Waals surface area contributed by atoms with E-state index in [1.165, 1.54) is 0 Å². The lowest BCUT2D eigenvalue weighted by atomic mass is 9.95. The van der Waals surface area contributed by atoms with Crippen LogP contribution in [-0.4, -0.2) is 61.1 Å². The molecule has 2 heterocycles. The van der Waals surface area contributed by atoms with Crippen molar-refractivity contribution in [2.75, 3.05) is 39.4 Å². The molecule has 1 aromatic carbocycles. The first-order chi connectivity index (χ1) is 11.7. The first-order valence-electron chi connectivity index (χ1n) is 8.67. The van der Waals surface area contributed by atoms with Crippen molar-refractivity contribution < 1.29 is 14.3 Å². The Morgan fingerprint density at radius 2 is 1.67 bits per heavy atom. The third kappa shape index (κ3) is 4.26. The molecule has 24 heavy (non-hydrogen) atoms. The maximum Gasteiger partial charge on any atom is 0.317 e. The normalized spacial score (nSPS) is 19.2. The van der Waals surface area contributed by atoms with Gasteiger partial charge in [0, 0.05) is 38.6 Å². The molecule has 0 aromatic heterocycles. The molecule has 6 nitrogen and oxygen atoms in total. The third-order valence-corrected chi connectivity index (χ3v) is 4.74. The zero-order chi connectivity index (χ0) is 16.8. The highest BCUT2D eigenvalue weighted by Crippen LogP contribution is 2.20. The molecule has 1 N–H and O–H groups in total. The average Bonchev–Trinajstić information content (AvgIpc) is 2.67. The molecule has 2 aliphatic heterocycles. The number of carbonyl (C=O) groups excluding carboxylic acids is 2. The molecule has 0 atom stereocenters. The number of ether oxygens (including phenoxy) is 1. The van der Waals surface area contributed by atoms with Crippen LogP contribution < -0.4 is 5.32 Å². The molecule has 2 fully saturated rings. The minimum Gasteiger partial charge on any atom is -0.378 e. The van der Waals surface area contributed by atoms with Crippen LogP contribution in [-0.2, 0) is 16.1 Å². The second-order valence-corrected chi connectivity index (χ2v) is 6.34. The summed E-state index contributed by atoms with van der Waals surface area (Å²) in [6.07, 6.45) is 1.49. The molecule has 6 heteroatoms. The quantitative estimate of drug-likeness (QED) is 0.912. The summed E-state index contributed by atoms with van der Waals surface area (Å²) in [6, 6.07) is 9.83. The smallest absolute Gasteiger partial charge is 0.317 e. The molecular weight excluding hydrogens is 306 g/mol. The number of benzene rings is 1. The average molecular weight is 331 g/mol. The van der Waals surface area contributed by atoms with Gasteiger partial charge in [-0.25, -0.2) is 4.79 Å². The van der Waals surface area contributed by atoms with Gasteiger partial charge in [0.2, 0.25) is 5.91 Å². The molecule has 0 spiro atoms. The topological polar surface area (TPSA) is 61.9 Å². The van der Waals surface area contributed by atoms with Crippen LogP contribution >= 0.6 is 0 Å². The predicted octanol–water partition coefficient (Wildman–Crippen LogP) is 1.47. The van der Waals surface area contributed by atoms with Crippen LogP contribution in [0.3, 0.4) is 0 Å². The number of hydrogen-bond acceptors (Lipinski definition) is 3. The van der Waals surface area contributed by atoms with Crippen molar-refractivity contribution >= 4 is 11.9 Å². The minimum atomic E-state index is -0.0453. The number of hydrogen-bond donors (Lipinski definition) is 1. The summed E-state index contributed by atoms with van der Waals surface area (Å²) in [5.74, 6) is 0.268. The lowest BCUT2D eigenvalue weighted by Gasteiger charge is -2.35. The van der Waals surface area contributed by atoms with Crippen molar-refractivity contribution in [1.29, 1.82) is 0 Å². The number of nitrogens with zero attached hydrogens (tertiary/aromatic N) is 2. The van der Waals surface area contributed by atoms with Gasteiger partial charge in [0.05, 0.1) is 13.2 Å². The standard InChI is InChI=1S/C18H25N3O3/c22-17(20-10-12-24-13-11-20)16-6-8-21(9-7-16)18(23)19-14-15-4-2-1-3-5-15/h1-5,16H,6-14H2,(H,19,23). The summed E-state index contributed by atoms with van der Waals surface area (Å²) in [4.78, 5) is 28.5. The molecule has 130 valence electrons. The number of piperidine rings is 1. The summed E-state index contributed by atoms with van der Waals surface area (Å²) in [5.41, 5.74) is 1.09. The molecule has 2 saturated heterocycles. The Kier molecular flexibility index (Phi) is 5.69. The molecule has 0 radical (unpaired) electrons. The Labute approximate surface area is 142 Å². The highest BCUT2D eigenvalue weighted by atomic mass is 16.5. The Hall–Kier alpha value is -2.08. The maximum absolute atomic E-state index is 12.5. The van der Waals surface area contributed by atoms with Crippen LogP contribution in [0.25, 0.3) is 0 Å². The number of carbonyl (C=O) groups is 2. The van der Waals surface area contributed by atoms with Gasteiger partial charge in [-0.2, -0.15) is 0 Å². The fraction of sp³-hybridized carbons (Fsp3) is 0.556. The third-order valence-electron chi connectivity index (χ3n) is 4.74. The number of nitrogens with one attached hydrogen (secondary N) is 1. The van der Waals surface area contributed by atoms with Gasteiger partial charge in [0.25, 0.3) is 0 Å². The van der Waals surface area contributed by atoms with Gasteiger partial charge >= 0.3 is 6.03 Å². The summed E-state index contributed by atoms with van der Waals surface area (Å²) in [5, 5.41) is 2.95. The lowest BCUT2D eigenvalue weighted by Crippen LogP contribution is -2.49. The monoisotopic (exact) mass is 331 g/mol. The van der Waals surface area contributed by atoms with Gasteiger partial charge in [-0.05, 0) is 18.4 Å². The van der Waals surface area contributed by atoms with Gasteiger partial charge in [-0.3, -0.25) is 4.79 Å². The van der Waals surface area contributed by atoms with Gasteiger partial charge in [-0.1, -0.05) is 30.3 Å². The van der Waals surface area contributed by atoms with Crippen molar-refractivity contribution in [1.82, 2.24) is 15.1 Å². The van der Waals surface area contributed by atoms with E-state index in [0.717, 1.165) is 18.4 Å².